The van der Waals surface area contributed by atoms with Crippen LogP contribution in [0.3, 0.4) is 0 Å². The molecule has 0 unspecified atom stereocenters. The maximum Gasteiger partial charge on any atom is 0.410 e. The van der Waals surface area contributed by atoms with Gasteiger partial charge in [-0.2, -0.15) is 5.06 Å². The van der Waals surface area contributed by atoms with Crippen molar-refractivity contribution in [3.8, 4) is 0 Å². The first-order valence-corrected chi connectivity index (χ1v) is 17.9. The summed E-state index contributed by atoms with van der Waals surface area (Å²) in [6.45, 7) is 17.4. The number of urea groups is 1. The summed E-state index contributed by atoms with van der Waals surface area (Å²) >= 11 is 0. The molecule has 2 saturated heterocycles. The molecule has 5 amide bonds. The number of nitrogens with one attached hydrogen (secondary N) is 2. The van der Waals surface area contributed by atoms with Gasteiger partial charge in [-0.3, -0.25) is 25.3 Å². The first-order valence-electron chi connectivity index (χ1n) is 15.0. The smallest absolute Gasteiger partial charge is 0.410 e. The van der Waals surface area contributed by atoms with Gasteiger partial charge in [0.25, 0.3) is 5.91 Å². The van der Waals surface area contributed by atoms with Crippen LogP contribution in [0.15, 0.2) is 30.3 Å². The lowest BCUT2D eigenvalue weighted by Gasteiger charge is -2.37. The molecular weight excluding hydrogens is 570 g/mol. The highest BCUT2D eigenvalue weighted by atomic mass is 28.4. The summed E-state index contributed by atoms with van der Waals surface area (Å²) in [5, 5.41) is 1.38. The molecule has 2 aliphatic heterocycles. The van der Waals surface area contributed by atoms with E-state index in [0.717, 1.165) is 5.56 Å². The Labute approximate surface area is 256 Å². The van der Waals surface area contributed by atoms with E-state index in [1.807, 2.05) is 30.3 Å². The molecule has 2 bridgehead atoms. The SMILES string of the molecule is CC(C)(C)OC(=O)N(CCO[Si](C)(C)C(C)(C)C)CCC(=O)NNC(=O)[C@@H]1CC[C@H]2CN1C(=O)N2OCc1ccccc1. The Hall–Kier alpha value is -3.16. The zero-order chi connectivity index (χ0) is 32.0. The molecule has 2 aliphatic rings. The van der Waals surface area contributed by atoms with E-state index in [9.17, 15) is 19.2 Å². The van der Waals surface area contributed by atoms with E-state index in [0.29, 0.717) is 26.0 Å². The van der Waals surface area contributed by atoms with Gasteiger partial charge < -0.3 is 19.0 Å². The number of hydroxylamine groups is 2. The highest BCUT2D eigenvalue weighted by Gasteiger charge is 2.48. The van der Waals surface area contributed by atoms with Crippen molar-refractivity contribution in [2.75, 3.05) is 26.2 Å². The zero-order valence-corrected chi connectivity index (χ0v) is 27.9. The fourth-order valence-corrected chi connectivity index (χ4v) is 5.59. The lowest BCUT2D eigenvalue weighted by Crippen LogP contribution is -2.54. The quantitative estimate of drug-likeness (QED) is 0.281. The Balaban J connectivity index is 1.48. The van der Waals surface area contributed by atoms with Crippen LogP contribution >= 0.6 is 0 Å². The Morgan fingerprint density at radius 1 is 1.00 bits per heavy atom. The van der Waals surface area contributed by atoms with E-state index >= 15 is 0 Å². The lowest BCUT2D eigenvalue weighted by atomic mass is 10.0. The van der Waals surface area contributed by atoms with Crippen molar-refractivity contribution in [2.45, 2.75) is 103 Å². The van der Waals surface area contributed by atoms with Crippen molar-refractivity contribution in [3.63, 3.8) is 0 Å². The van der Waals surface area contributed by atoms with Crippen molar-refractivity contribution in [1.82, 2.24) is 25.7 Å². The van der Waals surface area contributed by atoms with E-state index in [1.54, 1.807) is 20.8 Å². The van der Waals surface area contributed by atoms with E-state index in [4.69, 9.17) is 14.0 Å². The molecule has 0 radical (unpaired) electrons. The van der Waals surface area contributed by atoms with Crippen LogP contribution in [0.25, 0.3) is 0 Å². The van der Waals surface area contributed by atoms with Crippen LogP contribution < -0.4 is 10.9 Å². The number of hydrogen-bond donors (Lipinski definition) is 2. The van der Waals surface area contributed by atoms with Gasteiger partial charge in [0, 0.05) is 26.1 Å². The third-order valence-electron chi connectivity index (χ3n) is 8.05. The number of carbonyl (C=O) groups excluding carboxylic acids is 4. The summed E-state index contributed by atoms with van der Waals surface area (Å²) in [7, 11) is -2.02. The second kappa shape index (κ2) is 14.1. The van der Waals surface area contributed by atoms with Gasteiger partial charge in [0.2, 0.25) is 5.91 Å². The molecular formula is C30H49N5O7Si. The van der Waals surface area contributed by atoms with Gasteiger partial charge in [0.15, 0.2) is 8.32 Å². The molecule has 1 aromatic carbocycles. The van der Waals surface area contributed by atoms with Gasteiger partial charge >= 0.3 is 12.1 Å². The summed E-state index contributed by atoms with van der Waals surface area (Å²) < 4.78 is 11.8. The monoisotopic (exact) mass is 619 g/mol. The van der Waals surface area contributed by atoms with Crippen LogP contribution in [0.2, 0.25) is 18.1 Å². The number of rotatable bonds is 11. The van der Waals surface area contributed by atoms with Crippen molar-refractivity contribution < 1.29 is 33.2 Å². The summed E-state index contributed by atoms with van der Waals surface area (Å²) in [5.74, 6) is -0.946. The van der Waals surface area contributed by atoms with E-state index in [-0.39, 0.29) is 43.2 Å². The van der Waals surface area contributed by atoms with Crippen LogP contribution in [0.5, 0.6) is 0 Å². The number of hydrogen-bond acceptors (Lipinski definition) is 7. The molecule has 13 heteroatoms. The van der Waals surface area contributed by atoms with Crippen molar-refractivity contribution in [3.05, 3.63) is 35.9 Å². The fourth-order valence-electron chi connectivity index (χ4n) is 4.55. The molecule has 0 spiro atoms. The molecule has 43 heavy (non-hydrogen) atoms. The Kier molecular flexibility index (Phi) is 11.2. The van der Waals surface area contributed by atoms with Crippen LogP contribution in [-0.2, 0) is 30.2 Å². The molecule has 2 N–H and O–H groups in total. The van der Waals surface area contributed by atoms with Gasteiger partial charge in [-0.15, -0.1) is 0 Å². The summed E-state index contributed by atoms with van der Waals surface area (Å²) in [5.41, 5.74) is 5.13. The Morgan fingerprint density at radius 2 is 1.67 bits per heavy atom. The maximum absolute atomic E-state index is 13.0. The maximum atomic E-state index is 13.0. The lowest BCUT2D eigenvalue weighted by molar-refractivity contribution is -0.140. The van der Waals surface area contributed by atoms with Crippen LogP contribution in [-0.4, -0.2) is 91.0 Å². The number of carbonyl (C=O) groups is 4. The van der Waals surface area contributed by atoms with E-state index < -0.39 is 37.9 Å². The zero-order valence-electron chi connectivity index (χ0n) is 26.9. The number of amides is 5. The summed E-state index contributed by atoms with van der Waals surface area (Å²) in [6.07, 6.45) is 0.455. The standard InChI is InChI=1S/C30H49N5O7Si/c1-29(2,3)42-28(39)33(18-19-41-43(7,8)30(4,5)6)17-16-25(36)31-32-26(37)24-15-14-23-20-34(24)27(38)35(23)40-21-22-12-10-9-11-13-22/h9-13,23-24H,14-21H2,1-8H3,(H,31,36)(H,32,37)/t23-,24-/m0/s1. The number of benzene rings is 1. The molecule has 0 aromatic heterocycles. The molecule has 2 heterocycles. The minimum atomic E-state index is -2.02. The second-order valence-electron chi connectivity index (χ2n) is 13.6. The molecule has 12 nitrogen and oxygen atoms in total. The first kappa shape index (κ1) is 34.3. The second-order valence-corrected chi connectivity index (χ2v) is 18.4. The van der Waals surface area contributed by atoms with Crippen molar-refractivity contribution >= 4 is 32.3 Å². The Morgan fingerprint density at radius 3 is 2.30 bits per heavy atom. The van der Waals surface area contributed by atoms with Gasteiger partial charge in [0.1, 0.15) is 18.2 Å². The molecule has 0 saturated carbocycles. The van der Waals surface area contributed by atoms with Gasteiger partial charge in [-0.05, 0) is 57.3 Å². The number of nitrogens with zero attached hydrogens (tertiary/aromatic N) is 3. The highest BCUT2D eigenvalue weighted by molar-refractivity contribution is 6.74. The van der Waals surface area contributed by atoms with Crippen LogP contribution in [0, 0.1) is 0 Å². The molecule has 240 valence electrons. The average molecular weight is 620 g/mol. The minimum Gasteiger partial charge on any atom is -0.444 e. The number of piperidine rings is 1. The largest absolute Gasteiger partial charge is 0.444 e. The number of fused-ring (bicyclic) bond motifs is 2. The molecule has 2 atom stereocenters. The predicted molar refractivity (Wildman–Crippen MR) is 164 cm³/mol. The van der Waals surface area contributed by atoms with Gasteiger partial charge in [0.05, 0.1) is 12.6 Å². The Bertz CT molecular complexity index is 1140. The van der Waals surface area contributed by atoms with E-state index in [2.05, 4.69) is 44.7 Å². The minimum absolute atomic E-state index is 0.0221. The summed E-state index contributed by atoms with van der Waals surface area (Å²) in [4.78, 5) is 60.2. The van der Waals surface area contributed by atoms with Crippen molar-refractivity contribution in [1.29, 1.82) is 0 Å². The molecule has 2 fully saturated rings. The molecule has 3 rings (SSSR count). The van der Waals surface area contributed by atoms with Gasteiger partial charge in [-0.25, -0.2) is 9.59 Å². The highest BCUT2D eigenvalue weighted by Crippen LogP contribution is 2.36. The average Bonchev–Trinajstić information content (AvgIpc) is 3.15. The number of hydrazine groups is 1. The third-order valence-corrected chi connectivity index (χ3v) is 12.6. The predicted octanol–water partition coefficient (Wildman–Crippen LogP) is 4.18. The normalized spacial score (nSPS) is 18.8. The topological polar surface area (TPSA) is 130 Å². The molecule has 1 aromatic rings. The molecule has 0 aliphatic carbocycles. The fraction of sp³-hybridized carbons (Fsp3) is 0.667. The summed E-state index contributed by atoms with van der Waals surface area (Å²) in [6, 6.07) is 8.34. The van der Waals surface area contributed by atoms with Crippen LogP contribution in [0.1, 0.15) is 66.4 Å². The van der Waals surface area contributed by atoms with Crippen LogP contribution in [0.4, 0.5) is 9.59 Å². The number of ether oxygens (including phenoxy) is 1. The van der Waals surface area contributed by atoms with E-state index in [1.165, 1.54) is 14.9 Å². The first-order chi connectivity index (χ1) is 20.0. The van der Waals surface area contributed by atoms with Gasteiger partial charge in [-0.1, -0.05) is 51.1 Å². The van der Waals surface area contributed by atoms with Crippen molar-refractivity contribution in [2.24, 2.45) is 0 Å². The third kappa shape index (κ3) is 9.67.